The monoisotopic (exact) mass is 274 g/mol. The molecule has 106 valence electrons. The van der Waals surface area contributed by atoms with Gasteiger partial charge in [-0.1, -0.05) is 0 Å². The minimum Gasteiger partial charge on any atom is -0.399 e. The lowest BCUT2D eigenvalue weighted by Crippen LogP contribution is -2.42. The maximum Gasteiger partial charge on any atom is 0.253 e. The minimum absolute atomic E-state index is 0.177. The van der Waals surface area contributed by atoms with E-state index in [0.717, 1.165) is 10.9 Å². The molecule has 0 aliphatic carbocycles. The van der Waals surface area contributed by atoms with Crippen molar-refractivity contribution in [2.45, 2.75) is 13.8 Å². The van der Waals surface area contributed by atoms with Crippen LogP contribution in [0.15, 0.2) is 24.4 Å². The molecule has 0 saturated heterocycles. The second-order valence-electron chi connectivity index (χ2n) is 5.44. The Morgan fingerprint density at radius 1 is 1.35 bits per heavy atom. The zero-order chi connectivity index (χ0) is 14.9. The molecule has 6 nitrogen and oxygen atoms in total. The fourth-order valence-electron chi connectivity index (χ4n) is 1.81. The van der Waals surface area contributed by atoms with Gasteiger partial charge in [0.25, 0.3) is 5.91 Å². The van der Waals surface area contributed by atoms with Crippen LogP contribution in [0.4, 0.5) is 5.69 Å². The molecule has 0 fully saturated rings. The van der Waals surface area contributed by atoms with Crippen LogP contribution in [0.1, 0.15) is 24.2 Å². The molecule has 0 bridgehead atoms. The van der Waals surface area contributed by atoms with Crippen molar-refractivity contribution < 1.29 is 9.59 Å². The summed E-state index contributed by atoms with van der Waals surface area (Å²) in [5.74, 6) is -0.725. The van der Waals surface area contributed by atoms with E-state index >= 15 is 0 Å². The number of anilines is 1. The normalized spacial score (nSPS) is 11.5. The predicted octanol–water partition coefficient (Wildman–Crippen LogP) is 0.991. The van der Waals surface area contributed by atoms with E-state index in [0.29, 0.717) is 11.3 Å². The Bertz CT molecular complexity index is 673. The summed E-state index contributed by atoms with van der Waals surface area (Å²) in [5.41, 5.74) is 12.1. The third-order valence-corrected chi connectivity index (χ3v) is 3.31. The Kier molecular flexibility index (Phi) is 3.40. The number of rotatable bonds is 4. The standard InChI is InChI=1S/C14H18N4O2/c1-14(2,13(16)20)7-18-12(19)10-6-17-11-4-3-8(15)5-9(10)11/h3-6,17H,7,15H2,1-2H3,(H2,16,20)(H,18,19). The van der Waals surface area contributed by atoms with Gasteiger partial charge in [0, 0.05) is 29.3 Å². The van der Waals surface area contributed by atoms with Gasteiger partial charge in [-0.05, 0) is 32.0 Å². The second kappa shape index (κ2) is 4.88. The highest BCUT2D eigenvalue weighted by atomic mass is 16.2. The molecule has 1 aromatic carbocycles. The van der Waals surface area contributed by atoms with E-state index < -0.39 is 11.3 Å². The highest BCUT2D eigenvalue weighted by Crippen LogP contribution is 2.21. The van der Waals surface area contributed by atoms with Crippen LogP contribution < -0.4 is 16.8 Å². The van der Waals surface area contributed by atoms with Crippen molar-refractivity contribution in [2.24, 2.45) is 11.1 Å². The number of nitrogens with one attached hydrogen (secondary N) is 2. The fourth-order valence-corrected chi connectivity index (χ4v) is 1.81. The Hall–Kier alpha value is -2.50. The number of primary amides is 1. The number of aromatic amines is 1. The molecular formula is C14H18N4O2. The molecule has 0 atom stereocenters. The van der Waals surface area contributed by atoms with Crippen LogP contribution in [-0.4, -0.2) is 23.3 Å². The Labute approximate surface area is 116 Å². The van der Waals surface area contributed by atoms with Crippen LogP contribution >= 0.6 is 0 Å². The van der Waals surface area contributed by atoms with Crippen molar-refractivity contribution in [1.82, 2.24) is 10.3 Å². The maximum atomic E-state index is 12.2. The van der Waals surface area contributed by atoms with Gasteiger partial charge in [-0.25, -0.2) is 0 Å². The van der Waals surface area contributed by atoms with Crippen LogP contribution in [0.5, 0.6) is 0 Å². The third kappa shape index (κ3) is 2.59. The van der Waals surface area contributed by atoms with Gasteiger partial charge in [-0.3, -0.25) is 9.59 Å². The number of fused-ring (bicyclic) bond motifs is 1. The van der Waals surface area contributed by atoms with Gasteiger partial charge in [-0.2, -0.15) is 0 Å². The number of H-pyrrole nitrogens is 1. The molecule has 0 unspecified atom stereocenters. The number of benzene rings is 1. The van der Waals surface area contributed by atoms with Crippen molar-refractivity contribution in [3.8, 4) is 0 Å². The number of hydrogen-bond acceptors (Lipinski definition) is 3. The van der Waals surface area contributed by atoms with Crippen molar-refractivity contribution in [3.05, 3.63) is 30.0 Å². The van der Waals surface area contributed by atoms with E-state index in [1.165, 1.54) is 0 Å². The molecule has 6 heteroatoms. The molecular weight excluding hydrogens is 256 g/mol. The summed E-state index contributed by atoms with van der Waals surface area (Å²) in [6.07, 6.45) is 1.62. The van der Waals surface area contributed by atoms with Gasteiger partial charge in [0.05, 0.1) is 11.0 Å². The summed E-state index contributed by atoms with van der Waals surface area (Å²) >= 11 is 0. The molecule has 6 N–H and O–H groups in total. The molecule has 2 rings (SSSR count). The van der Waals surface area contributed by atoms with E-state index in [9.17, 15) is 9.59 Å². The van der Waals surface area contributed by atoms with E-state index in [1.807, 2.05) is 6.07 Å². The number of nitrogen functional groups attached to an aromatic ring is 1. The molecule has 20 heavy (non-hydrogen) atoms. The van der Waals surface area contributed by atoms with Gasteiger partial charge in [0.15, 0.2) is 0 Å². The largest absolute Gasteiger partial charge is 0.399 e. The van der Waals surface area contributed by atoms with Gasteiger partial charge in [0.1, 0.15) is 0 Å². The first-order chi connectivity index (χ1) is 9.31. The number of amides is 2. The van der Waals surface area contributed by atoms with E-state index in [2.05, 4.69) is 10.3 Å². The average molecular weight is 274 g/mol. The molecule has 0 saturated carbocycles. The van der Waals surface area contributed by atoms with Crippen LogP contribution in [0, 0.1) is 5.41 Å². The first-order valence-electron chi connectivity index (χ1n) is 6.26. The molecule has 1 heterocycles. The highest BCUT2D eigenvalue weighted by molar-refractivity contribution is 6.07. The van der Waals surface area contributed by atoms with Crippen molar-refractivity contribution in [3.63, 3.8) is 0 Å². The van der Waals surface area contributed by atoms with Crippen LogP contribution in [-0.2, 0) is 4.79 Å². The first kappa shape index (κ1) is 13.9. The van der Waals surface area contributed by atoms with E-state index in [1.54, 1.807) is 32.2 Å². The molecule has 2 aromatic rings. The lowest BCUT2D eigenvalue weighted by atomic mass is 9.92. The topological polar surface area (TPSA) is 114 Å². The minimum atomic E-state index is -0.791. The lowest BCUT2D eigenvalue weighted by molar-refractivity contribution is -0.125. The van der Waals surface area contributed by atoms with Crippen molar-refractivity contribution >= 4 is 28.4 Å². The SMILES string of the molecule is CC(C)(CNC(=O)c1c[nH]c2ccc(N)cc12)C(N)=O. The van der Waals surface area contributed by atoms with Crippen molar-refractivity contribution in [2.75, 3.05) is 12.3 Å². The highest BCUT2D eigenvalue weighted by Gasteiger charge is 2.26. The summed E-state index contributed by atoms with van der Waals surface area (Å²) in [6.45, 7) is 3.54. The Morgan fingerprint density at radius 3 is 2.70 bits per heavy atom. The molecule has 2 amide bonds. The fraction of sp³-hybridized carbons (Fsp3) is 0.286. The van der Waals surface area contributed by atoms with Gasteiger partial charge in [-0.15, -0.1) is 0 Å². The van der Waals surface area contributed by atoms with Crippen LogP contribution in [0.3, 0.4) is 0 Å². The summed E-state index contributed by atoms with van der Waals surface area (Å²) in [4.78, 5) is 26.4. The number of aromatic nitrogens is 1. The zero-order valence-electron chi connectivity index (χ0n) is 11.5. The molecule has 0 radical (unpaired) electrons. The molecule has 0 aliphatic rings. The lowest BCUT2D eigenvalue weighted by Gasteiger charge is -2.20. The predicted molar refractivity (Wildman–Crippen MR) is 78.0 cm³/mol. The summed E-state index contributed by atoms with van der Waals surface area (Å²) in [7, 11) is 0. The number of hydrogen-bond donors (Lipinski definition) is 4. The zero-order valence-corrected chi connectivity index (χ0v) is 11.5. The number of carbonyl (C=O) groups is 2. The summed E-state index contributed by atoms with van der Waals surface area (Å²) in [5, 5.41) is 3.47. The van der Waals surface area contributed by atoms with Crippen LogP contribution in [0.2, 0.25) is 0 Å². The Balaban J connectivity index is 2.20. The quantitative estimate of drug-likeness (QED) is 0.623. The number of carbonyl (C=O) groups excluding carboxylic acids is 2. The second-order valence-corrected chi connectivity index (χ2v) is 5.44. The summed E-state index contributed by atoms with van der Waals surface area (Å²) in [6, 6.07) is 5.31. The number of nitrogens with two attached hydrogens (primary N) is 2. The maximum absolute atomic E-state index is 12.2. The van der Waals surface area contributed by atoms with Crippen LogP contribution in [0.25, 0.3) is 10.9 Å². The van der Waals surface area contributed by atoms with E-state index in [4.69, 9.17) is 11.5 Å². The Morgan fingerprint density at radius 2 is 2.05 bits per heavy atom. The van der Waals surface area contributed by atoms with Gasteiger partial charge in [0.2, 0.25) is 5.91 Å². The third-order valence-electron chi connectivity index (χ3n) is 3.31. The van der Waals surface area contributed by atoms with Crippen molar-refractivity contribution in [1.29, 1.82) is 0 Å². The molecule has 1 aromatic heterocycles. The van der Waals surface area contributed by atoms with Gasteiger partial charge < -0.3 is 21.8 Å². The molecule has 0 aliphatic heterocycles. The van der Waals surface area contributed by atoms with E-state index in [-0.39, 0.29) is 12.5 Å². The first-order valence-corrected chi connectivity index (χ1v) is 6.26. The average Bonchev–Trinajstić information content (AvgIpc) is 2.78. The summed E-state index contributed by atoms with van der Waals surface area (Å²) < 4.78 is 0. The smallest absolute Gasteiger partial charge is 0.253 e. The van der Waals surface area contributed by atoms with Gasteiger partial charge >= 0.3 is 0 Å². The molecule has 0 spiro atoms.